The maximum atomic E-state index is 12.8. The smallest absolute Gasteiger partial charge is 0.228 e. The van der Waals surface area contributed by atoms with Gasteiger partial charge in [0, 0.05) is 43.6 Å². The number of ether oxygens (including phenoxy) is 1. The van der Waals surface area contributed by atoms with E-state index in [1.165, 1.54) is 18.4 Å². The molecular weight excluding hydrogens is 316 g/mol. The van der Waals surface area contributed by atoms with E-state index in [4.69, 9.17) is 4.74 Å². The number of nitrogens with zero attached hydrogens (tertiary/aromatic N) is 4. The van der Waals surface area contributed by atoms with E-state index in [0.29, 0.717) is 26.1 Å². The van der Waals surface area contributed by atoms with E-state index in [9.17, 15) is 4.79 Å². The fourth-order valence-corrected chi connectivity index (χ4v) is 3.39. The lowest BCUT2D eigenvalue weighted by Gasteiger charge is -2.33. The molecule has 1 amide bonds. The van der Waals surface area contributed by atoms with Crippen LogP contribution in [0.1, 0.15) is 35.7 Å². The first-order valence-corrected chi connectivity index (χ1v) is 8.97. The van der Waals surface area contributed by atoms with Crippen LogP contribution < -0.4 is 0 Å². The minimum Gasteiger partial charge on any atom is -0.380 e. The Bertz CT molecular complexity index is 739. The Labute approximate surface area is 147 Å². The molecule has 132 valence electrons. The molecule has 0 N–H and O–H groups in total. The third kappa shape index (κ3) is 3.74. The minimum absolute atomic E-state index is 0.109. The third-order valence-electron chi connectivity index (χ3n) is 5.10. The van der Waals surface area contributed by atoms with Gasteiger partial charge in [0.15, 0.2) is 0 Å². The van der Waals surface area contributed by atoms with E-state index in [1.54, 1.807) is 6.20 Å². The topological polar surface area (TPSA) is 60.2 Å². The van der Waals surface area contributed by atoms with E-state index in [-0.39, 0.29) is 11.8 Å². The summed E-state index contributed by atoms with van der Waals surface area (Å²) >= 11 is 0. The van der Waals surface area contributed by atoms with Crippen molar-refractivity contribution in [1.29, 1.82) is 0 Å². The maximum absolute atomic E-state index is 12.8. The van der Waals surface area contributed by atoms with Gasteiger partial charge in [-0.2, -0.15) is 5.10 Å². The van der Waals surface area contributed by atoms with Gasteiger partial charge in [0.25, 0.3) is 0 Å². The first-order chi connectivity index (χ1) is 12.2. The number of pyridine rings is 1. The monoisotopic (exact) mass is 340 g/mol. The normalized spacial score (nSPS) is 19.7. The largest absolute Gasteiger partial charge is 0.380 e. The number of hydrogen-bond donors (Lipinski definition) is 0. The number of rotatable bonds is 6. The molecule has 1 atom stereocenters. The van der Waals surface area contributed by atoms with Crippen molar-refractivity contribution >= 4 is 5.91 Å². The molecule has 1 saturated carbocycles. The SMILES string of the molecule is Cn1ncc2c1CN(C(=O)Cc1ccccn1)C[C@@H]2COCC1CC1. The van der Waals surface area contributed by atoms with Gasteiger partial charge in [0.1, 0.15) is 0 Å². The summed E-state index contributed by atoms with van der Waals surface area (Å²) in [5.74, 6) is 1.06. The average Bonchev–Trinajstić information content (AvgIpc) is 3.37. The van der Waals surface area contributed by atoms with Crippen LogP contribution in [0.25, 0.3) is 0 Å². The molecule has 6 nitrogen and oxygen atoms in total. The molecule has 0 aromatic carbocycles. The van der Waals surface area contributed by atoms with Crippen molar-refractivity contribution in [3.8, 4) is 0 Å². The van der Waals surface area contributed by atoms with Crippen LogP contribution in [-0.4, -0.2) is 45.3 Å². The molecule has 1 aliphatic carbocycles. The molecule has 6 heteroatoms. The van der Waals surface area contributed by atoms with Gasteiger partial charge in [-0.1, -0.05) is 6.07 Å². The standard InChI is InChI=1S/C19H24N4O2/c1-22-18-11-23(19(24)8-16-4-2-3-7-20-16)10-15(17(18)9-21-22)13-25-12-14-5-6-14/h2-4,7,9,14-15H,5-6,8,10-13H2,1H3/t15-/m1/s1. The number of amides is 1. The van der Waals surface area contributed by atoms with Gasteiger partial charge >= 0.3 is 0 Å². The van der Waals surface area contributed by atoms with Gasteiger partial charge in [-0.25, -0.2) is 0 Å². The first kappa shape index (κ1) is 16.3. The van der Waals surface area contributed by atoms with Gasteiger partial charge in [0.05, 0.1) is 31.5 Å². The predicted octanol–water partition coefficient (Wildman–Crippen LogP) is 1.91. The highest BCUT2D eigenvalue weighted by Crippen LogP contribution is 2.31. The van der Waals surface area contributed by atoms with Gasteiger partial charge in [-0.3, -0.25) is 14.5 Å². The molecule has 3 heterocycles. The first-order valence-electron chi connectivity index (χ1n) is 8.97. The highest BCUT2D eigenvalue weighted by atomic mass is 16.5. The lowest BCUT2D eigenvalue weighted by atomic mass is 9.95. The molecule has 2 aromatic rings. The molecule has 0 unspecified atom stereocenters. The summed E-state index contributed by atoms with van der Waals surface area (Å²) in [5, 5.41) is 4.39. The number of aryl methyl sites for hydroxylation is 1. The van der Waals surface area contributed by atoms with Gasteiger partial charge in [0.2, 0.25) is 5.91 Å². The molecule has 4 rings (SSSR count). The lowest BCUT2D eigenvalue weighted by Crippen LogP contribution is -2.40. The van der Waals surface area contributed by atoms with E-state index >= 15 is 0 Å². The molecule has 25 heavy (non-hydrogen) atoms. The lowest BCUT2D eigenvalue weighted by molar-refractivity contribution is -0.132. The fourth-order valence-electron chi connectivity index (χ4n) is 3.39. The van der Waals surface area contributed by atoms with Crippen molar-refractivity contribution < 1.29 is 9.53 Å². The van der Waals surface area contributed by atoms with Crippen LogP contribution in [0.5, 0.6) is 0 Å². The molecule has 2 aliphatic rings. The summed E-state index contributed by atoms with van der Waals surface area (Å²) in [7, 11) is 1.94. The Hall–Kier alpha value is -2.21. The number of hydrogen-bond acceptors (Lipinski definition) is 4. The summed E-state index contributed by atoms with van der Waals surface area (Å²) in [6.45, 7) is 2.79. The molecule has 2 aromatic heterocycles. The van der Waals surface area contributed by atoms with Crippen LogP contribution in [0.4, 0.5) is 0 Å². The molecule has 0 bridgehead atoms. The summed E-state index contributed by atoms with van der Waals surface area (Å²) in [6.07, 6.45) is 6.58. The van der Waals surface area contributed by atoms with Crippen molar-refractivity contribution in [2.75, 3.05) is 19.8 Å². The second kappa shape index (κ2) is 6.96. The Morgan fingerprint density at radius 2 is 2.20 bits per heavy atom. The Balaban J connectivity index is 1.45. The zero-order valence-corrected chi connectivity index (χ0v) is 14.6. The summed E-state index contributed by atoms with van der Waals surface area (Å²) in [4.78, 5) is 19.0. The van der Waals surface area contributed by atoms with Crippen LogP contribution in [0.2, 0.25) is 0 Å². The molecule has 0 radical (unpaired) electrons. The van der Waals surface area contributed by atoms with Crippen LogP contribution in [-0.2, 0) is 29.5 Å². The molecular formula is C19H24N4O2. The van der Waals surface area contributed by atoms with Crippen molar-refractivity contribution in [1.82, 2.24) is 19.7 Å². The Morgan fingerprint density at radius 3 is 2.96 bits per heavy atom. The number of fused-ring (bicyclic) bond motifs is 1. The average molecular weight is 340 g/mol. The zero-order valence-electron chi connectivity index (χ0n) is 14.6. The van der Waals surface area contributed by atoms with Crippen molar-refractivity contribution in [2.24, 2.45) is 13.0 Å². The summed E-state index contributed by atoms with van der Waals surface area (Å²) < 4.78 is 7.80. The van der Waals surface area contributed by atoms with Crippen LogP contribution in [0.15, 0.2) is 30.6 Å². The van der Waals surface area contributed by atoms with Gasteiger partial charge < -0.3 is 9.64 Å². The fraction of sp³-hybridized carbons (Fsp3) is 0.526. The highest BCUT2D eigenvalue weighted by Gasteiger charge is 2.31. The summed E-state index contributed by atoms with van der Waals surface area (Å²) in [5.41, 5.74) is 3.14. The van der Waals surface area contributed by atoms with Crippen LogP contribution in [0.3, 0.4) is 0 Å². The molecule has 1 aliphatic heterocycles. The van der Waals surface area contributed by atoms with E-state index in [0.717, 1.165) is 23.9 Å². The molecule has 0 spiro atoms. The van der Waals surface area contributed by atoms with Crippen LogP contribution >= 0.6 is 0 Å². The second-order valence-corrected chi connectivity index (χ2v) is 7.12. The summed E-state index contributed by atoms with van der Waals surface area (Å²) in [6, 6.07) is 5.68. The number of aromatic nitrogens is 3. The number of carbonyl (C=O) groups is 1. The van der Waals surface area contributed by atoms with E-state index < -0.39 is 0 Å². The van der Waals surface area contributed by atoms with Crippen LogP contribution in [0, 0.1) is 5.92 Å². The van der Waals surface area contributed by atoms with Crippen molar-refractivity contribution in [3.63, 3.8) is 0 Å². The quantitative estimate of drug-likeness (QED) is 0.806. The van der Waals surface area contributed by atoms with Gasteiger partial charge in [-0.05, 0) is 30.9 Å². The predicted molar refractivity (Wildman–Crippen MR) is 92.9 cm³/mol. The van der Waals surface area contributed by atoms with E-state index in [1.807, 2.05) is 41.0 Å². The second-order valence-electron chi connectivity index (χ2n) is 7.12. The van der Waals surface area contributed by atoms with Crippen molar-refractivity contribution in [2.45, 2.75) is 31.7 Å². The Kier molecular flexibility index (Phi) is 4.53. The minimum atomic E-state index is 0.109. The maximum Gasteiger partial charge on any atom is 0.228 e. The zero-order chi connectivity index (χ0) is 17.2. The van der Waals surface area contributed by atoms with Crippen molar-refractivity contribution in [3.05, 3.63) is 47.5 Å². The Morgan fingerprint density at radius 1 is 1.32 bits per heavy atom. The van der Waals surface area contributed by atoms with Gasteiger partial charge in [-0.15, -0.1) is 0 Å². The molecule has 1 fully saturated rings. The molecule has 0 saturated heterocycles. The number of carbonyl (C=O) groups excluding carboxylic acids is 1. The third-order valence-corrected chi connectivity index (χ3v) is 5.10. The van der Waals surface area contributed by atoms with E-state index in [2.05, 4.69) is 10.1 Å². The highest BCUT2D eigenvalue weighted by molar-refractivity contribution is 5.78.